The van der Waals surface area contributed by atoms with Crippen molar-refractivity contribution in [2.45, 2.75) is 0 Å². The van der Waals surface area contributed by atoms with Gasteiger partial charge in [-0.2, -0.15) is 0 Å². The summed E-state index contributed by atoms with van der Waals surface area (Å²) in [6.45, 7) is 0. The van der Waals surface area contributed by atoms with Crippen molar-refractivity contribution in [2.75, 3.05) is 5.32 Å². The molecule has 2 heteroatoms. The van der Waals surface area contributed by atoms with E-state index < -0.39 is 0 Å². The molecule has 0 spiro atoms. The van der Waals surface area contributed by atoms with Crippen LogP contribution in [0.2, 0.25) is 0 Å². The van der Waals surface area contributed by atoms with Gasteiger partial charge in [0.1, 0.15) is 0 Å². The first-order chi connectivity index (χ1) is 15.9. The van der Waals surface area contributed by atoms with Crippen LogP contribution in [0.25, 0.3) is 38.6 Å². The summed E-state index contributed by atoms with van der Waals surface area (Å²) in [5, 5.41) is 6.20. The molecule has 0 radical (unpaired) electrons. The van der Waals surface area contributed by atoms with Gasteiger partial charge < -0.3 is 9.88 Å². The standard InChI is InChI=1S/C30H22N2/c1-3-11-22(12-4-1)25-15-7-9-17-28(25)31-23-19-20-27-26-16-8-10-18-29(26)32(30(27)21-23)24-13-5-2-6-14-24/h1-21,31H. The SMILES string of the molecule is c1ccc(-c2ccccc2Nc2ccc3c4ccccc4n(-c4ccccc4)c3c2)cc1. The molecule has 0 aliphatic rings. The van der Waals surface area contributed by atoms with E-state index in [-0.39, 0.29) is 0 Å². The van der Waals surface area contributed by atoms with E-state index in [9.17, 15) is 0 Å². The van der Waals surface area contributed by atoms with Crippen molar-refractivity contribution in [3.8, 4) is 16.8 Å². The topological polar surface area (TPSA) is 17.0 Å². The van der Waals surface area contributed by atoms with E-state index in [0.717, 1.165) is 11.4 Å². The van der Waals surface area contributed by atoms with Crippen LogP contribution in [-0.2, 0) is 0 Å². The Bertz CT molecular complexity index is 1530. The Morgan fingerprint density at radius 2 is 1.16 bits per heavy atom. The van der Waals surface area contributed by atoms with Gasteiger partial charge in [-0.05, 0) is 42.0 Å². The van der Waals surface area contributed by atoms with Crippen molar-refractivity contribution in [1.82, 2.24) is 4.57 Å². The Morgan fingerprint density at radius 3 is 2.00 bits per heavy atom. The number of aromatic nitrogens is 1. The fraction of sp³-hybridized carbons (Fsp3) is 0. The average molecular weight is 411 g/mol. The highest BCUT2D eigenvalue weighted by Crippen LogP contribution is 2.35. The summed E-state index contributed by atoms with van der Waals surface area (Å²) in [5.74, 6) is 0. The van der Waals surface area contributed by atoms with Crippen LogP contribution >= 0.6 is 0 Å². The summed E-state index contributed by atoms with van der Waals surface area (Å²) >= 11 is 0. The minimum Gasteiger partial charge on any atom is -0.355 e. The number of fused-ring (bicyclic) bond motifs is 3. The van der Waals surface area contributed by atoms with Crippen molar-refractivity contribution in [3.05, 3.63) is 127 Å². The molecule has 6 rings (SSSR count). The number of benzene rings is 5. The molecule has 1 N–H and O–H groups in total. The molecule has 0 amide bonds. The third-order valence-corrected chi connectivity index (χ3v) is 5.98. The first kappa shape index (κ1) is 18.5. The van der Waals surface area contributed by atoms with Gasteiger partial charge in [0.15, 0.2) is 0 Å². The molecule has 32 heavy (non-hydrogen) atoms. The van der Waals surface area contributed by atoms with Gasteiger partial charge in [-0.3, -0.25) is 0 Å². The lowest BCUT2D eigenvalue weighted by atomic mass is 10.0. The number of nitrogens with one attached hydrogen (secondary N) is 1. The molecule has 0 atom stereocenters. The minimum absolute atomic E-state index is 1.07. The van der Waals surface area contributed by atoms with E-state index in [1.165, 1.54) is 38.6 Å². The fourth-order valence-corrected chi connectivity index (χ4v) is 4.52. The third-order valence-electron chi connectivity index (χ3n) is 5.98. The highest BCUT2D eigenvalue weighted by molar-refractivity contribution is 6.10. The van der Waals surface area contributed by atoms with E-state index in [0.29, 0.717) is 0 Å². The van der Waals surface area contributed by atoms with Crippen molar-refractivity contribution < 1.29 is 0 Å². The fourth-order valence-electron chi connectivity index (χ4n) is 4.52. The second-order valence-corrected chi connectivity index (χ2v) is 7.96. The summed E-state index contributed by atoms with van der Waals surface area (Å²) < 4.78 is 2.35. The third kappa shape index (κ3) is 3.14. The van der Waals surface area contributed by atoms with Gasteiger partial charge in [0.05, 0.1) is 11.0 Å². The van der Waals surface area contributed by atoms with Crippen LogP contribution in [0.4, 0.5) is 11.4 Å². The Balaban J connectivity index is 1.51. The molecule has 0 aliphatic heterocycles. The molecule has 1 heterocycles. The molecule has 5 aromatic carbocycles. The highest BCUT2D eigenvalue weighted by Gasteiger charge is 2.13. The Morgan fingerprint density at radius 1 is 0.500 bits per heavy atom. The zero-order valence-corrected chi connectivity index (χ0v) is 17.6. The van der Waals surface area contributed by atoms with Gasteiger partial charge in [-0.1, -0.05) is 91.0 Å². The summed E-state index contributed by atoms with van der Waals surface area (Å²) in [7, 11) is 0. The number of hydrogen-bond acceptors (Lipinski definition) is 1. The number of anilines is 2. The molecule has 2 nitrogen and oxygen atoms in total. The van der Waals surface area contributed by atoms with Gasteiger partial charge in [-0.15, -0.1) is 0 Å². The highest BCUT2D eigenvalue weighted by atomic mass is 15.0. The second-order valence-electron chi connectivity index (χ2n) is 7.96. The molecule has 0 saturated heterocycles. The van der Waals surface area contributed by atoms with Crippen molar-refractivity contribution in [1.29, 1.82) is 0 Å². The maximum absolute atomic E-state index is 3.67. The quantitative estimate of drug-likeness (QED) is 0.310. The first-order valence-electron chi connectivity index (χ1n) is 10.9. The second kappa shape index (κ2) is 7.75. The summed E-state index contributed by atoms with van der Waals surface area (Å²) in [6, 6.07) is 44.8. The van der Waals surface area contributed by atoms with E-state index in [1.807, 2.05) is 0 Å². The van der Waals surface area contributed by atoms with E-state index in [2.05, 4.69) is 137 Å². The number of nitrogens with zero attached hydrogens (tertiary/aromatic N) is 1. The van der Waals surface area contributed by atoms with Crippen LogP contribution in [0.3, 0.4) is 0 Å². The zero-order chi connectivity index (χ0) is 21.3. The van der Waals surface area contributed by atoms with Gasteiger partial charge in [0.2, 0.25) is 0 Å². The molecule has 6 aromatic rings. The molecular formula is C30H22N2. The molecule has 0 fully saturated rings. The minimum atomic E-state index is 1.07. The van der Waals surface area contributed by atoms with Crippen molar-refractivity contribution in [3.63, 3.8) is 0 Å². The maximum Gasteiger partial charge on any atom is 0.0561 e. The van der Waals surface area contributed by atoms with Crippen LogP contribution in [0.1, 0.15) is 0 Å². The molecule has 0 unspecified atom stereocenters. The van der Waals surface area contributed by atoms with Crippen molar-refractivity contribution in [2.24, 2.45) is 0 Å². The lowest BCUT2D eigenvalue weighted by Gasteiger charge is -2.13. The van der Waals surface area contributed by atoms with Crippen LogP contribution in [0.15, 0.2) is 127 Å². The first-order valence-corrected chi connectivity index (χ1v) is 10.9. The van der Waals surface area contributed by atoms with Crippen LogP contribution in [0, 0.1) is 0 Å². The van der Waals surface area contributed by atoms with Crippen molar-refractivity contribution >= 4 is 33.2 Å². The van der Waals surface area contributed by atoms with E-state index in [4.69, 9.17) is 0 Å². The van der Waals surface area contributed by atoms with E-state index >= 15 is 0 Å². The van der Waals surface area contributed by atoms with Crippen LogP contribution < -0.4 is 5.32 Å². The number of para-hydroxylation sites is 3. The van der Waals surface area contributed by atoms with Gasteiger partial charge in [0, 0.05) is 33.4 Å². The predicted octanol–water partition coefficient (Wildman–Crippen LogP) is 8.19. The van der Waals surface area contributed by atoms with Crippen LogP contribution in [-0.4, -0.2) is 4.57 Å². The maximum atomic E-state index is 3.67. The number of hydrogen-bond donors (Lipinski definition) is 1. The van der Waals surface area contributed by atoms with Gasteiger partial charge in [0.25, 0.3) is 0 Å². The molecule has 0 saturated carbocycles. The molecule has 0 bridgehead atoms. The summed E-state index contributed by atoms with van der Waals surface area (Å²) in [4.78, 5) is 0. The Hall–Kier alpha value is -4.30. The summed E-state index contributed by atoms with van der Waals surface area (Å²) in [6.07, 6.45) is 0. The molecule has 1 aromatic heterocycles. The monoisotopic (exact) mass is 410 g/mol. The molecule has 152 valence electrons. The number of rotatable bonds is 4. The van der Waals surface area contributed by atoms with Gasteiger partial charge >= 0.3 is 0 Å². The predicted molar refractivity (Wildman–Crippen MR) is 136 cm³/mol. The zero-order valence-electron chi connectivity index (χ0n) is 17.6. The lowest BCUT2D eigenvalue weighted by molar-refractivity contribution is 1.18. The van der Waals surface area contributed by atoms with E-state index in [1.54, 1.807) is 0 Å². The van der Waals surface area contributed by atoms with Crippen LogP contribution in [0.5, 0.6) is 0 Å². The summed E-state index contributed by atoms with van der Waals surface area (Å²) in [5.41, 5.74) is 8.14. The van der Waals surface area contributed by atoms with Gasteiger partial charge in [-0.25, -0.2) is 0 Å². The Kier molecular flexibility index (Phi) is 4.47. The largest absolute Gasteiger partial charge is 0.355 e. The molecular weight excluding hydrogens is 388 g/mol. The normalized spacial score (nSPS) is 11.1. The average Bonchev–Trinajstić information content (AvgIpc) is 3.19. The Labute approximate surface area is 187 Å². The smallest absolute Gasteiger partial charge is 0.0561 e. The lowest BCUT2D eigenvalue weighted by Crippen LogP contribution is -1.96. The molecule has 0 aliphatic carbocycles.